The molecule has 1 aliphatic rings. The van der Waals surface area contributed by atoms with Crippen LogP contribution < -0.4 is 0 Å². The number of halogens is 1. The minimum Gasteiger partial charge on any atom is -0.256 e. The highest BCUT2D eigenvalue weighted by Gasteiger charge is 2.38. The van der Waals surface area contributed by atoms with E-state index in [0.29, 0.717) is 0 Å². The first-order chi connectivity index (χ1) is 8.96. The lowest BCUT2D eigenvalue weighted by molar-refractivity contribution is 0.607. The number of pyridine rings is 1. The first-order valence-electron chi connectivity index (χ1n) is 6.76. The van der Waals surface area contributed by atoms with E-state index >= 15 is 0 Å². The predicted molar refractivity (Wildman–Crippen MR) is 75.9 cm³/mol. The zero-order valence-corrected chi connectivity index (χ0v) is 11.8. The summed E-state index contributed by atoms with van der Waals surface area (Å²) in [6.45, 7) is 8.60. The van der Waals surface area contributed by atoms with Crippen LogP contribution in [0.3, 0.4) is 0 Å². The number of nitrogens with zero attached hydrogens (tertiary/aromatic N) is 1. The van der Waals surface area contributed by atoms with Gasteiger partial charge in [0, 0.05) is 17.2 Å². The molecule has 0 atom stereocenters. The number of rotatable bonds is 1. The summed E-state index contributed by atoms with van der Waals surface area (Å²) < 4.78 is 13.6. The quantitative estimate of drug-likeness (QED) is 0.736. The summed E-state index contributed by atoms with van der Waals surface area (Å²) in [5.74, 6) is -0.172. The van der Waals surface area contributed by atoms with Gasteiger partial charge in [0.15, 0.2) is 0 Å². The van der Waals surface area contributed by atoms with Gasteiger partial charge < -0.3 is 0 Å². The van der Waals surface area contributed by atoms with Crippen molar-refractivity contribution in [2.24, 2.45) is 0 Å². The van der Waals surface area contributed by atoms with E-state index in [1.807, 2.05) is 12.3 Å². The zero-order chi connectivity index (χ0) is 13.8. The Morgan fingerprint density at radius 2 is 2.00 bits per heavy atom. The van der Waals surface area contributed by atoms with Crippen LogP contribution in [-0.2, 0) is 11.8 Å². The minimum absolute atomic E-state index is 0.170. The molecule has 19 heavy (non-hydrogen) atoms. The maximum Gasteiger partial charge on any atom is 0.123 e. The average molecular weight is 255 g/mol. The Kier molecular flexibility index (Phi) is 2.53. The Labute approximate surface area is 113 Å². The van der Waals surface area contributed by atoms with Crippen molar-refractivity contribution in [3.05, 3.63) is 52.5 Å². The van der Waals surface area contributed by atoms with Crippen molar-refractivity contribution in [2.45, 2.75) is 39.5 Å². The van der Waals surface area contributed by atoms with Gasteiger partial charge in [-0.3, -0.25) is 4.98 Å². The monoisotopic (exact) mass is 255 g/mol. The molecule has 98 valence electrons. The van der Waals surface area contributed by atoms with Crippen molar-refractivity contribution in [3.8, 4) is 11.3 Å². The second-order valence-corrected chi connectivity index (χ2v) is 5.81. The summed E-state index contributed by atoms with van der Waals surface area (Å²) >= 11 is 0. The van der Waals surface area contributed by atoms with Gasteiger partial charge in [-0.25, -0.2) is 4.39 Å². The second kappa shape index (κ2) is 3.89. The molecule has 2 heteroatoms. The molecule has 0 saturated carbocycles. The van der Waals surface area contributed by atoms with Gasteiger partial charge in [-0.05, 0) is 53.8 Å². The summed E-state index contributed by atoms with van der Waals surface area (Å²) in [4.78, 5) is 4.61. The van der Waals surface area contributed by atoms with Gasteiger partial charge in [-0.15, -0.1) is 0 Å². The molecule has 0 saturated heterocycles. The van der Waals surface area contributed by atoms with Gasteiger partial charge in [0.05, 0.1) is 5.69 Å². The van der Waals surface area contributed by atoms with Crippen molar-refractivity contribution in [2.75, 3.05) is 0 Å². The fourth-order valence-electron chi connectivity index (χ4n) is 3.35. The van der Waals surface area contributed by atoms with Gasteiger partial charge in [-0.2, -0.15) is 0 Å². The molecule has 2 aromatic rings. The smallest absolute Gasteiger partial charge is 0.123 e. The topological polar surface area (TPSA) is 12.9 Å². The second-order valence-electron chi connectivity index (χ2n) is 5.81. The highest BCUT2D eigenvalue weighted by atomic mass is 19.1. The van der Waals surface area contributed by atoms with Crippen LogP contribution in [0.1, 0.15) is 43.0 Å². The molecule has 1 aromatic heterocycles. The summed E-state index contributed by atoms with van der Waals surface area (Å²) in [6.07, 6.45) is 2.92. The van der Waals surface area contributed by atoms with Crippen LogP contribution >= 0.6 is 0 Å². The Bertz CT molecular complexity index is 671. The summed E-state index contributed by atoms with van der Waals surface area (Å²) in [5, 5.41) is 0. The number of aromatic nitrogens is 1. The summed E-state index contributed by atoms with van der Waals surface area (Å²) in [6, 6.07) is 5.04. The maximum atomic E-state index is 13.6. The molecule has 0 aliphatic heterocycles. The van der Waals surface area contributed by atoms with Crippen molar-refractivity contribution in [1.29, 1.82) is 0 Å². The number of aryl methyl sites for hydroxylation is 1. The predicted octanol–water partition coefficient (Wildman–Crippen LogP) is 4.40. The molecule has 1 aromatic carbocycles. The standard InChI is InChI=1S/C17H18FN/c1-5-12-10(2)9-19-16-13-7-6-11(18)8-14(13)17(3,4)15(12)16/h6-9H,5H2,1-4H3. The Morgan fingerprint density at radius 1 is 1.26 bits per heavy atom. The van der Waals surface area contributed by atoms with E-state index in [9.17, 15) is 4.39 Å². The normalized spacial score (nSPS) is 15.2. The van der Waals surface area contributed by atoms with E-state index in [4.69, 9.17) is 0 Å². The molecule has 1 nitrogen and oxygen atoms in total. The van der Waals surface area contributed by atoms with Crippen molar-refractivity contribution < 1.29 is 4.39 Å². The van der Waals surface area contributed by atoms with Crippen LogP contribution in [0.15, 0.2) is 24.4 Å². The first-order valence-corrected chi connectivity index (χ1v) is 6.76. The summed E-state index contributed by atoms with van der Waals surface area (Å²) in [7, 11) is 0. The van der Waals surface area contributed by atoms with Crippen molar-refractivity contribution in [3.63, 3.8) is 0 Å². The molecule has 3 rings (SSSR count). The van der Waals surface area contributed by atoms with E-state index in [2.05, 4.69) is 32.7 Å². The third-order valence-corrected chi connectivity index (χ3v) is 4.29. The van der Waals surface area contributed by atoms with Crippen LogP contribution in [0, 0.1) is 12.7 Å². The van der Waals surface area contributed by atoms with Crippen molar-refractivity contribution in [1.82, 2.24) is 4.98 Å². The Balaban J connectivity index is 2.40. The minimum atomic E-state index is -0.172. The lowest BCUT2D eigenvalue weighted by Gasteiger charge is -2.24. The summed E-state index contributed by atoms with van der Waals surface area (Å²) in [5.41, 5.74) is 6.84. The average Bonchev–Trinajstić information content (AvgIpc) is 2.59. The lowest BCUT2D eigenvalue weighted by Crippen LogP contribution is -2.18. The van der Waals surface area contributed by atoms with Gasteiger partial charge in [0.1, 0.15) is 5.82 Å². The van der Waals surface area contributed by atoms with E-state index in [1.165, 1.54) is 22.8 Å². The largest absolute Gasteiger partial charge is 0.256 e. The maximum absolute atomic E-state index is 13.6. The molecule has 0 unspecified atom stereocenters. The zero-order valence-electron chi connectivity index (χ0n) is 11.8. The Morgan fingerprint density at radius 3 is 2.68 bits per heavy atom. The van der Waals surface area contributed by atoms with Gasteiger partial charge >= 0.3 is 0 Å². The molecular formula is C17H18FN. The van der Waals surface area contributed by atoms with Gasteiger partial charge in [0.25, 0.3) is 0 Å². The SMILES string of the molecule is CCc1c(C)cnc2c1C(C)(C)c1cc(F)ccc1-2. The molecule has 0 spiro atoms. The van der Waals surface area contributed by atoms with Crippen molar-refractivity contribution >= 4 is 0 Å². The fourth-order valence-corrected chi connectivity index (χ4v) is 3.35. The fraction of sp³-hybridized carbons (Fsp3) is 0.353. The van der Waals surface area contributed by atoms with Crippen LogP contribution in [0.4, 0.5) is 4.39 Å². The number of benzene rings is 1. The van der Waals surface area contributed by atoms with Crippen LogP contribution in [0.25, 0.3) is 11.3 Å². The molecule has 0 amide bonds. The highest BCUT2D eigenvalue weighted by Crippen LogP contribution is 2.49. The molecule has 0 radical (unpaired) electrons. The van der Waals surface area contributed by atoms with Crippen LogP contribution in [0.5, 0.6) is 0 Å². The van der Waals surface area contributed by atoms with Crippen LogP contribution in [0.2, 0.25) is 0 Å². The molecule has 0 N–H and O–H groups in total. The highest BCUT2D eigenvalue weighted by molar-refractivity contribution is 5.79. The Hall–Kier alpha value is -1.70. The van der Waals surface area contributed by atoms with E-state index in [-0.39, 0.29) is 11.2 Å². The molecule has 1 aliphatic carbocycles. The van der Waals surface area contributed by atoms with E-state index < -0.39 is 0 Å². The third-order valence-electron chi connectivity index (χ3n) is 4.29. The number of fused-ring (bicyclic) bond motifs is 3. The van der Waals surface area contributed by atoms with E-state index in [0.717, 1.165) is 23.2 Å². The first kappa shape index (κ1) is 12.3. The lowest BCUT2D eigenvalue weighted by atomic mass is 9.79. The third kappa shape index (κ3) is 1.55. The molecule has 0 fully saturated rings. The number of hydrogen-bond acceptors (Lipinski definition) is 1. The molecular weight excluding hydrogens is 237 g/mol. The number of hydrogen-bond donors (Lipinski definition) is 0. The van der Waals surface area contributed by atoms with Gasteiger partial charge in [0.2, 0.25) is 0 Å². The van der Waals surface area contributed by atoms with Crippen LogP contribution in [-0.4, -0.2) is 4.98 Å². The molecule has 0 bridgehead atoms. The van der Waals surface area contributed by atoms with Gasteiger partial charge in [-0.1, -0.05) is 20.8 Å². The molecule has 1 heterocycles. The van der Waals surface area contributed by atoms with E-state index in [1.54, 1.807) is 6.07 Å².